The molecule has 0 bridgehead atoms. The molecule has 2 amide bonds. The van der Waals surface area contributed by atoms with E-state index in [1.165, 1.54) is 29.5 Å². The minimum atomic E-state index is -3.15. The van der Waals surface area contributed by atoms with Crippen molar-refractivity contribution >= 4 is 43.7 Å². The van der Waals surface area contributed by atoms with Gasteiger partial charge < -0.3 is 15.4 Å². The van der Waals surface area contributed by atoms with Gasteiger partial charge in [-0.05, 0) is 43.7 Å². The number of carbonyl (C=O) groups is 2. The Balaban J connectivity index is 1.49. The van der Waals surface area contributed by atoms with Crippen molar-refractivity contribution in [3.05, 3.63) is 50.4 Å². The first-order chi connectivity index (χ1) is 15.7. The number of fused-ring (bicyclic) bond motifs is 1. The van der Waals surface area contributed by atoms with Gasteiger partial charge in [-0.2, -0.15) is 0 Å². The quantitative estimate of drug-likeness (QED) is 0.445. The van der Waals surface area contributed by atoms with Crippen LogP contribution in [0.3, 0.4) is 0 Å². The standard InChI is InChI=1S/C21H23N3O7S2/c25-18(11-31-16-7-3-2-6-15(16)24(27)28)23-21-19(14-5-1-4-8-17(14)32-21)20(26)22-13-9-10-33(29,30)12-13/h2-3,6-7,13H,1,4-5,8-12H2,(H,22,26)(H,23,25)/t13-/m1/s1. The minimum absolute atomic E-state index is 0.0245. The molecule has 1 saturated heterocycles. The molecule has 2 aromatic rings. The number of carbonyl (C=O) groups excluding carboxylic acids is 2. The lowest BCUT2D eigenvalue weighted by Gasteiger charge is -2.15. The van der Waals surface area contributed by atoms with Crippen LogP contribution in [0.25, 0.3) is 0 Å². The van der Waals surface area contributed by atoms with E-state index in [9.17, 15) is 28.1 Å². The van der Waals surface area contributed by atoms with Gasteiger partial charge in [0.15, 0.2) is 22.2 Å². The van der Waals surface area contributed by atoms with Gasteiger partial charge in [-0.1, -0.05) is 12.1 Å². The van der Waals surface area contributed by atoms with Crippen LogP contribution in [-0.4, -0.2) is 49.3 Å². The number of hydrogen-bond acceptors (Lipinski definition) is 8. The summed E-state index contributed by atoms with van der Waals surface area (Å²) in [7, 11) is -3.15. The fraction of sp³-hybridized carbons (Fsp3) is 0.429. The zero-order valence-corrected chi connectivity index (χ0v) is 19.3. The minimum Gasteiger partial charge on any atom is -0.477 e. The summed E-state index contributed by atoms with van der Waals surface area (Å²) in [6, 6.07) is 5.31. The predicted molar refractivity (Wildman–Crippen MR) is 123 cm³/mol. The number of nitro groups is 1. The molecule has 1 aromatic heterocycles. The Bertz CT molecular complexity index is 1210. The number of nitrogens with one attached hydrogen (secondary N) is 2. The summed E-state index contributed by atoms with van der Waals surface area (Å²) in [5.41, 5.74) is 1.01. The Hall–Kier alpha value is -2.99. The van der Waals surface area contributed by atoms with Crippen LogP contribution in [0, 0.1) is 10.1 Å². The highest BCUT2D eigenvalue weighted by atomic mass is 32.2. The number of aryl methyl sites for hydroxylation is 1. The highest BCUT2D eigenvalue weighted by molar-refractivity contribution is 7.91. The van der Waals surface area contributed by atoms with E-state index in [2.05, 4.69) is 10.6 Å². The number of anilines is 1. The average Bonchev–Trinajstić information content (AvgIpc) is 3.30. The van der Waals surface area contributed by atoms with Gasteiger partial charge in [-0.3, -0.25) is 19.7 Å². The first-order valence-electron chi connectivity index (χ1n) is 10.6. The van der Waals surface area contributed by atoms with Gasteiger partial charge in [0.05, 0.1) is 22.0 Å². The van der Waals surface area contributed by atoms with Crippen LogP contribution >= 0.6 is 11.3 Å². The average molecular weight is 494 g/mol. The Morgan fingerprint density at radius 1 is 1.21 bits per heavy atom. The third-order valence-corrected chi connectivity index (χ3v) is 8.61. The van der Waals surface area contributed by atoms with Crippen molar-refractivity contribution in [2.75, 3.05) is 23.4 Å². The molecule has 1 aliphatic heterocycles. The largest absolute Gasteiger partial charge is 0.477 e. The fourth-order valence-electron chi connectivity index (χ4n) is 4.10. The van der Waals surface area contributed by atoms with Gasteiger partial charge in [-0.15, -0.1) is 11.3 Å². The highest BCUT2D eigenvalue weighted by Gasteiger charge is 2.32. The second-order valence-corrected chi connectivity index (χ2v) is 11.4. The number of rotatable bonds is 7. The fourth-order valence-corrected chi connectivity index (χ4v) is 7.07. The number of sulfone groups is 1. The molecule has 4 rings (SSSR count). The predicted octanol–water partition coefficient (Wildman–Crippen LogP) is 2.47. The maximum absolute atomic E-state index is 13.1. The summed E-state index contributed by atoms with van der Waals surface area (Å²) < 4.78 is 28.8. The zero-order chi connectivity index (χ0) is 23.6. The summed E-state index contributed by atoms with van der Waals surface area (Å²) in [5, 5.41) is 17.0. The number of thiophene rings is 1. The lowest BCUT2D eigenvalue weighted by Crippen LogP contribution is -2.36. The zero-order valence-electron chi connectivity index (χ0n) is 17.7. The van der Waals surface area contributed by atoms with E-state index in [1.54, 1.807) is 6.07 Å². The van der Waals surface area contributed by atoms with Crippen LogP contribution in [0.1, 0.15) is 40.1 Å². The molecule has 10 nitrogen and oxygen atoms in total. The monoisotopic (exact) mass is 493 g/mol. The molecule has 1 aromatic carbocycles. The molecule has 2 heterocycles. The van der Waals surface area contributed by atoms with Crippen LogP contribution in [0.2, 0.25) is 0 Å². The number of amides is 2. The molecule has 33 heavy (non-hydrogen) atoms. The van der Waals surface area contributed by atoms with Crippen molar-refractivity contribution < 1.29 is 27.7 Å². The van der Waals surface area contributed by atoms with E-state index in [0.29, 0.717) is 23.4 Å². The smallest absolute Gasteiger partial charge is 0.310 e. The summed E-state index contributed by atoms with van der Waals surface area (Å²) in [6.07, 6.45) is 3.80. The number of nitrogens with zero attached hydrogens (tertiary/aromatic N) is 1. The van der Waals surface area contributed by atoms with Crippen LogP contribution in [-0.2, 0) is 27.5 Å². The van der Waals surface area contributed by atoms with Crippen LogP contribution in [0.15, 0.2) is 24.3 Å². The maximum Gasteiger partial charge on any atom is 0.310 e. The molecule has 0 unspecified atom stereocenters. The van der Waals surface area contributed by atoms with E-state index in [0.717, 1.165) is 29.7 Å². The van der Waals surface area contributed by atoms with Crippen LogP contribution < -0.4 is 15.4 Å². The summed E-state index contributed by atoms with van der Waals surface area (Å²) in [6.45, 7) is -0.463. The van der Waals surface area contributed by atoms with Crippen molar-refractivity contribution in [3.8, 4) is 5.75 Å². The molecule has 0 saturated carbocycles. The molecule has 2 N–H and O–H groups in total. The third-order valence-electron chi connectivity index (χ3n) is 5.64. The SMILES string of the molecule is O=C(COc1ccccc1[N+](=O)[O-])Nc1sc2c(c1C(=O)N[C@@H]1CCS(=O)(=O)C1)CCCC2. The van der Waals surface area contributed by atoms with Gasteiger partial charge in [0.25, 0.3) is 11.8 Å². The number of benzene rings is 1. The summed E-state index contributed by atoms with van der Waals surface area (Å²) in [4.78, 5) is 37.2. The van der Waals surface area contributed by atoms with Gasteiger partial charge in [-0.25, -0.2) is 8.42 Å². The Morgan fingerprint density at radius 3 is 2.70 bits per heavy atom. The maximum atomic E-state index is 13.1. The number of nitro benzene ring substituents is 1. The molecular formula is C21H23N3O7S2. The lowest BCUT2D eigenvalue weighted by molar-refractivity contribution is -0.385. The topological polar surface area (TPSA) is 145 Å². The van der Waals surface area contributed by atoms with Gasteiger partial charge >= 0.3 is 5.69 Å². The number of para-hydroxylation sites is 2. The normalized spacial score (nSPS) is 18.8. The molecule has 176 valence electrons. The van der Waals surface area contributed by atoms with Crippen molar-refractivity contribution in [3.63, 3.8) is 0 Å². The second kappa shape index (κ2) is 9.48. The van der Waals surface area contributed by atoms with Crippen molar-refractivity contribution in [1.82, 2.24) is 5.32 Å². The number of ether oxygens (including phenoxy) is 1. The summed E-state index contributed by atoms with van der Waals surface area (Å²) >= 11 is 1.33. The first kappa shape index (κ1) is 23.2. The number of hydrogen-bond donors (Lipinski definition) is 2. The van der Waals surface area contributed by atoms with Gasteiger partial charge in [0.1, 0.15) is 5.00 Å². The van der Waals surface area contributed by atoms with Crippen molar-refractivity contribution in [1.29, 1.82) is 0 Å². The van der Waals surface area contributed by atoms with E-state index in [1.807, 2.05) is 0 Å². The Kier molecular flexibility index (Phi) is 6.66. The van der Waals surface area contributed by atoms with Crippen LogP contribution in [0.5, 0.6) is 5.75 Å². The third kappa shape index (κ3) is 5.33. The molecule has 0 spiro atoms. The molecule has 1 fully saturated rings. The first-order valence-corrected chi connectivity index (χ1v) is 13.2. The molecule has 2 aliphatic rings. The van der Waals surface area contributed by atoms with E-state index in [-0.39, 0.29) is 22.9 Å². The highest BCUT2D eigenvalue weighted by Crippen LogP contribution is 2.38. The van der Waals surface area contributed by atoms with Gasteiger partial charge in [0, 0.05) is 17.0 Å². The van der Waals surface area contributed by atoms with E-state index in [4.69, 9.17) is 4.74 Å². The Morgan fingerprint density at radius 2 is 1.97 bits per heavy atom. The van der Waals surface area contributed by atoms with Crippen molar-refractivity contribution in [2.24, 2.45) is 0 Å². The van der Waals surface area contributed by atoms with E-state index >= 15 is 0 Å². The molecular weight excluding hydrogens is 470 g/mol. The molecule has 12 heteroatoms. The van der Waals surface area contributed by atoms with Crippen LogP contribution in [0.4, 0.5) is 10.7 Å². The lowest BCUT2D eigenvalue weighted by atomic mass is 9.95. The second-order valence-electron chi connectivity index (χ2n) is 8.05. The Labute approximate surface area is 194 Å². The molecule has 1 aliphatic carbocycles. The van der Waals surface area contributed by atoms with E-state index < -0.39 is 39.2 Å². The summed E-state index contributed by atoms with van der Waals surface area (Å²) in [5.74, 6) is -1.01. The van der Waals surface area contributed by atoms with Gasteiger partial charge in [0.2, 0.25) is 0 Å². The molecule has 0 radical (unpaired) electrons. The molecule has 1 atom stereocenters. The van der Waals surface area contributed by atoms with Crippen molar-refractivity contribution in [2.45, 2.75) is 38.1 Å².